The molecular weight excluding hydrogens is 471 g/mol. The van der Waals surface area contributed by atoms with Crippen LogP contribution in [0.5, 0.6) is 0 Å². The van der Waals surface area contributed by atoms with E-state index in [2.05, 4.69) is 12.2 Å². The van der Waals surface area contributed by atoms with E-state index in [0.717, 1.165) is 23.3 Å². The summed E-state index contributed by atoms with van der Waals surface area (Å²) in [6, 6.07) is 14.5. The first-order chi connectivity index (χ1) is 15.5. The SMILES string of the molecule is CCC(N=C1NC2=C(CN(C(=O)c3ccc(Cl)cc3)CC2)CN1OCl)c1ccc(Cl)cc1. The lowest BCUT2D eigenvalue weighted by Crippen LogP contribution is -2.51. The predicted octanol–water partition coefficient (Wildman–Crippen LogP) is 5.59. The largest absolute Gasteiger partial charge is 0.334 e. The van der Waals surface area contributed by atoms with Gasteiger partial charge in [0.15, 0.2) is 0 Å². The van der Waals surface area contributed by atoms with Crippen molar-refractivity contribution in [2.24, 2.45) is 4.99 Å². The topological polar surface area (TPSA) is 57.2 Å². The van der Waals surface area contributed by atoms with E-state index in [-0.39, 0.29) is 11.9 Å². The monoisotopic (exact) mass is 492 g/mol. The molecule has 0 fully saturated rings. The van der Waals surface area contributed by atoms with Crippen molar-refractivity contribution in [1.29, 1.82) is 0 Å². The van der Waals surface area contributed by atoms with Crippen LogP contribution < -0.4 is 5.32 Å². The summed E-state index contributed by atoms with van der Waals surface area (Å²) in [6.45, 7) is 3.59. The van der Waals surface area contributed by atoms with Gasteiger partial charge < -0.3 is 10.2 Å². The van der Waals surface area contributed by atoms with Crippen molar-refractivity contribution in [1.82, 2.24) is 15.3 Å². The molecule has 2 aromatic rings. The van der Waals surface area contributed by atoms with E-state index in [1.165, 1.54) is 5.06 Å². The van der Waals surface area contributed by atoms with Gasteiger partial charge >= 0.3 is 0 Å². The van der Waals surface area contributed by atoms with Gasteiger partial charge in [0.2, 0.25) is 5.96 Å². The molecule has 0 saturated heterocycles. The highest BCUT2D eigenvalue weighted by Gasteiger charge is 2.31. The van der Waals surface area contributed by atoms with Crippen molar-refractivity contribution >= 4 is 46.9 Å². The summed E-state index contributed by atoms with van der Waals surface area (Å²) < 4.78 is 5.09. The minimum atomic E-state index is -0.0715. The van der Waals surface area contributed by atoms with Crippen molar-refractivity contribution in [3.8, 4) is 0 Å². The minimum absolute atomic E-state index is 0.0280. The Balaban J connectivity index is 1.52. The van der Waals surface area contributed by atoms with Crippen molar-refractivity contribution < 1.29 is 9.18 Å². The normalized spacial score (nSPS) is 18.4. The third-order valence-corrected chi connectivity index (χ3v) is 6.33. The zero-order valence-corrected chi connectivity index (χ0v) is 19.8. The Kier molecular flexibility index (Phi) is 7.26. The van der Waals surface area contributed by atoms with E-state index >= 15 is 0 Å². The zero-order chi connectivity index (χ0) is 22.7. The number of carbonyl (C=O) groups is 1. The van der Waals surface area contributed by atoms with E-state index in [9.17, 15) is 4.79 Å². The molecule has 2 aromatic carbocycles. The van der Waals surface area contributed by atoms with E-state index < -0.39 is 0 Å². The van der Waals surface area contributed by atoms with Crippen LogP contribution in [0.3, 0.4) is 0 Å². The Bertz CT molecular complexity index is 1040. The average molecular weight is 494 g/mol. The van der Waals surface area contributed by atoms with Gasteiger partial charge in [-0.25, -0.2) is 4.99 Å². The van der Waals surface area contributed by atoms with Crippen molar-refractivity contribution in [3.05, 3.63) is 81.0 Å². The predicted molar refractivity (Wildman–Crippen MR) is 128 cm³/mol. The van der Waals surface area contributed by atoms with Crippen LogP contribution in [-0.4, -0.2) is 41.5 Å². The van der Waals surface area contributed by atoms with E-state index in [0.29, 0.717) is 47.6 Å². The summed E-state index contributed by atoms with van der Waals surface area (Å²) in [4.78, 5) is 19.6. The molecule has 32 heavy (non-hydrogen) atoms. The number of benzene rings is 2. The number of carbonyl (C=O) groups excluding carboxylic acids is 1. The molecule has 4 rings (SSSR count). The van der Waals surface area contributed by atoms with E-state index in [1.54, 1.807) is 24.3 Å². The molecular formula is C23H23Cl3N4O2. The number of hydrogen-bond donors (Lipinski definition) is 1. The Morgan fingerprint density at radius 3 is 2.38 bits per heavy atom. The first-order valence-corrected chi connectivity index (χ1v) is 11.5. The standard InChI is InChI=1S/C23H23Cl3N4O2/c1-2-20(15-3-7-18(24)8-4-15)27-23-28-21-11-12-29(13-17(21)14-30(23)32-26)22(31)16-5-9-19(25)10-6-16/h3-10,20H,2,11-14H2,1H3,(H,27,28). The van der Waals surface area contributed by atoms with Gasteiger partial charge in [0.1, 0.15) is 0 Å². The number of nitrogens with one attached hydrogen (secondary N) is 1. The van der Waals surface area contributed by atoms with E-state index in [1.807, 2.05) is 29.2 Å². The molecule has 1 amide bonds. The molecule has 2 aliphatic rings. The first-order valence-electron chi connectivity index (χ1n) is 10.4. The summed E-state index contributed by atoms with van der Waals surface area (Å²) in [6.07, 6.45) is 1.50. The van der Waals surface area contributed by atoms with Crippen LogP contribution >= 0.6 is 35.1 Å². The molecule has 2 heterocycles. The van der Waals surface area contributed by atoms with Gasteiger partial charge in [-0.2, -0.15) is 9.45 Å². The summed E-state index contributed by atoms with van der Waals surface area (Å²) >= 11 is 17.7. The third-order valence-electron chi connectivity index (χ3n) is 5.65. The summed E-state index contributed by atoms with van der Waals surface area (Å²) in [5.41, 5.74) is 3.77. The Morgan fingerprint density at radius 1 is 1.09 bits per heavy atom. The van der Waals surface area contributed by atoms with Gasteiger partial charge in [-0.15, -0.1) is 0 Å². The second kappa shape index (κ2) is 10.1. The first kappa shape index (κ1) is 22.9. The van der Waals surface area contributed by atoms with E-state index in [4.69, 9.17) is 44.5 Å². The molecule has 1 atom stereocenters. The van der Waals surface area contributed by atoms with Gasteiger partial charge in [0, 0.05) is 40.8 Å². The number of aliphatic imine (C=N–C) groups is 1. The highest BCUT2D eigenvalue weighted by molar-refractivity contribution is 6.30. The number of amides is 1. The Morgan fingerprint density at radius 2 is 1.75 bits per heavy atom. The van der Waals surface area contributed by atoms with Crippen molar-refractivity contribution in [3.63, 3.8) is 0 Å². The Labute approximate surface area is 202 Å². The summed E-state index contributed by atoms with van der Waals surface area (Å²) in [5.74, 6) is 0.526. The number of guanidine groups is 1. The highest BCUT2D eigenvalue weighted by Crippen LogP contribution is 2.27. The smallest absolute Gasteiger partial charge is 0.254 e. The fourth-order valence-corrected chi connectivity index (χ4v) is 4.27. The lowest BCUT2D eigenvalue weighted by molar-refractivity contribution is 0.0286. The second-order valence-corrected chi connectivity index (χ2v) is 8.74. The maximum absolute atomic E-state index is 12.9. The molecule has 0 spiro atoms. The quantitative estimate of drug-likeness (QED) is 0.590. The molecule has 1 N–H and O–H groups in total. The number of hydroxylamine groups is 2. The lowest BCUT2D eigenvalue weighted by atomic mass is 10.0. The number of halogens is 3. The summed E-state index contributed by atoms with van der Waals surface area (Å²) in [5, 5.41) is 6.17. The summed E-state index contributed by atoms with van der Waals surface area (Å²) in [7, 11) is 0. The number of hydrogen-bond acceptors (Lipinski definition) is 3. The van der Waals surface area contributed by atoms with Crippen LogP contribution in [0.15, 0.2) is 64.8 Å². The van der Waals surface area contributed by atoms with Crippen LogP contribution in [0, 0.1) is 0 Å². The molecule has 1 unspecified atom stereocenters. The van der Waals surface area contributed by atoms with Gasteiger partial charge in [0.05, 0.1) is 24.5 Å². The molecule has 0 saturated carbocycles. The molecule has 6 nitrogen and oxygen atoms in total. The van der Waals surface area contributed by atoms with Gasteiger partial charge in [-0.05, 0) is 54.0 Å². The average Bonchev–Trinajstić information content (AvgIpc) is 2.82. The molecule has 2 aliphatic heterocycles. The number of nitrogens with zero attached hydrogens (tertiary/aromatic N) is 3. The van der Waals surface area contributed by atoms with Crippen LogP contribution in [0.2, 0.25) is 10.0 Å². The Hall–Kier alpha value is -2.25. The molecule has 0 aliphatic carbocycles. The van der Waals surface area contributed by atoms with Crippen LogP contribution in [-0.2, 0) is 4.39 Å². The van der Waals surface area contributed by atoms with Crippen molar-refractivity contribution in [2.45, 2.75) is 25.8 Å². The van der Waals surface area contributed by atoms with Crippen LogP contribution in [0.4, 0.5) is 0 Å². The fraction of sp³-hybridized carbons (Fsp3) is 0.304. The van der Waals surface area contributed by atoms with Crippen molar-refractivity contribution in [2.75, 3.05) is 19.6 Å². The molecule has 9 heteroatoms. The third kappa shape index (κ3) is 5.04. The minimum Gasteiger partial charge on any atom is -0.334 e. The van der Waals surface area contributed by atoms with Gasteiger partial charge in [-0.3, -0.25) is 4.79 Å². The molecule has 168 valence electrons. The maximum Gasteiger partial charge on any atom is 0.254 e. The highest BCUT2D eigenvalue weighted by atomic mass is 35.5. The number of rotatable bonds is 5. The van der Waals surface area contributed by atoms with Crippen LogP contribution in [0.1, 0.15) is 41.7 Å². The van der Waals surface area contributed by atoms with Crippen LogP contribution in [0.25, 0.3) is 0 Å². The molecule has 0 bridgehead atoms. The maximum atomic E-state index is 12.9. The lowest BCUT2D eigenvalue weighted by Gasteiger charge is -2.38. The molecule has 0 aromatic heterocycles. The van der Waals surface area contributed by atoms with Gasteiger partial charge in [-0.1, -0.05) is 42.3 Å². The van der Waals surface area contributed by atoms with Gasteiger partial charge in [0.25, 0.3) is 5.91 Å². The zero-order valence-electron chi connectivity index (χ0n) is 17.5. The fourth-order valence-electron chi connectivity index (χ4n) is 3.91. The second-order valence-electron chi connectivity index (χ2n) is 7.72. The molecule has 0 radical (unpaired) electrons.